The Bertz CT molecular complexity index is 1980. The fraction of sp³-hybridized carbons (Fsp3) is 0.220. The first-order chi connectivity index (χ1) is 24.0. The molecule has 0 radical (unpaired) electrons. The summed E-state index contributed by atoms with van der Waals surface area (Å²) in [5.41, 5.74) is 3.86. The van der Waals surface area contributed by atoms with Gasteiger partial charge in [-0.05, 0) is 92.9 Å². The quantitative estimate of drug-likeness (QED) is 0.131. The molecule has 0 spiro atoms. The minimum atomic E-state index is -4.23. The molecular weight excluding hydrogens is 647 g/mol. The second kappa shape index (κ2) is 16.3. The van der Waals surface area contributed by atoms with Gasteiger partial charge in [-0.15, -0.1) is 0 Å². The zero-order chi connectivity index (χ0) is 35.7. The van der Waals surface area contributed by atoms with Gasteiger partial charge in [-0.25, -0.2) is 8.42 Å². The van der Waals surface area contributed by atoms with Crippen LogP contribution in [0.2, 0.25) is 0 Å². The maximum atomic E-state index is 14.7. The average Bonchev–Trinajstić information content (AvgIpc) is 3.10. The monoisotopic (exact) mass is 689 g/mol. The number of carbonyl (C=O) groups is 2. The number of benzene rings is 5. The molecule has 9 heteroatoms. The summed E-state index contributed by atoms with van der Waals surface area (Å²) in [5.74, 6) is 0.304. The van der Waals surface area contributed by atoms with Crippen molar-refractivity contribution in [3.63, 3.8) is 0 Å². The topological polar surface area (TPSA) is 96.0 Å². The van der Waals surface area contributed by atoms with E-state index in [4.69, 9.17) is 4.74 Å². The van der Waals surface area contributed by atoms with E-state index < -0.39 is 28.5 Å². The van der Waals surface area contributed by atoms with Crippen LogP contribution < -0.4 is 14.4 Å². The normalized spacial score (nSPS) is 11.9. The van der Waals surface area contributed by atoms with Gasteiger partial charge in [0.05, 0.1) is 10.6 Å². The van der Waals surface area contributed by atoms with E-state index in [0.29, 0.717) is 11.5 Å². The molecule has 0 aliphatic heterocycles. The Balaban J connectivity index is 1.56. The second-order valence-electron chi connectivity index (χ2n) is 12.6. The molecule has 0 saturated carbocycles. The lowest BCUT2D eigenvalue weighted by Gasteiger charge is -2.34. The minimum absolute atomic E-state index is 0.0457. The summed E-state index contributed by atoms with van der Waals surface area (Å²) in [6.45, 7) is 7.13. The van der Waals surface area contributed by atoms with Crippen LogP contribution in [0.25, 0.3) is 0 Å². The van der Waals surface area contributed by atoms with Crippen molar-refractivity contribution in [1.82, 2.24) is 10.2 Å². The van der Waals surface area contributed by atoms with Crippen LogP contribution in [0.3, 0.4) is 0 Å². The van der Waals surface area contributed by atoms with Gasteiger partial charge in [0, 0.05) is 19.0 Å². The Morgan fingerprint density at radius 2 is 1.30 bits per heavy atom. The Morgan fingerprint density at radius 3 is 1.92 bits per heavy atom. The summed E-state index contributed by atoms with van der Waals surface area (Å²) < 4.78 is 35.8. The first kappa shape index (κ1) is 35.9. The van der Waals surface area contributed by atoms with Gasteiger partial charge < -0.3 is 15.0 Å². The predicted molar refractivity (Wildman–Crippen MR) is 198 cm³/mol. The van der Waals surface area contributed by atoms with Gasteiger partial charge in [0.1, 0.15) is 24.1 Å². The Hall–Kier alpha value is -5.41. The molecule has 258 valence electrons. The summed E-state index contributed by atoms with van der Waals surface area (Å²) in [5, 5.41) is 2.99. The van der Waals surface area contributed by atoms with Gasteiger partial charge >= 0.3 is 0 Å². The zero-order valence-corrected chi connectivity index (χ0v) is 29.6. The van der Waals surface area contributed by atoms with E-state index in [-0.39, 0.29) is 35.5 Å². The maximum Gasteiger partial charge on any atom is 0.264 e. The summed E-state index contributed by atoms with van der Waals surface area (Å²) >= 11 is 0. The second-order valence-corrected chi connectivity index (χ2v) is 14.4. The SMILES string of the molecule is Cc1ccc(S(=O)(=O)N(CC(=O)N(Cc2ccccc2C)[C@@H](Cc2ccccc2)C(=O)NC(C)C)c2ccc(Oc3ccccc3)cc2)cc1. The fourth-order valence-corrected chi connectivity index (χ4v) is 6.99. The zero-order valence-electron chi connectivity index (χ0n) is 28.8. The number of hydrogen-bond donors (Lipinski definition) is 1. The molecule has 0 aliphatic rings. The maximum absolute atomic E-state index is 14.7. The van der Waals surface area contributed by atoms with Crippen LogP contribution in [-0.2, 0) is 32.6 Å². The van der Waals surface area contributed by atoms with E-state index in [9.17, 15) is 18.0 Å². The van der Waals surface area contributed by atoms with Crippen LogP contribution in [0.5, 0.6) is 11.5 Å². The average molecular weight is 690 g/mol. The van der Waals surface area contributed by atoms with Crippen LogP contribution in [0.4, 0.5) is 5.69 Å². The molecule has 0 fully saturated rings. The molecule has 5 rings (SSSR count). The third kappa shape index (κ3) is 9.18. The molecule has 50 heavy (non-hydrogen) atoms. The standard InChI is InChI=1S/C41H43N3O5S/c1-30(2)42-41(46)39(27-33-14-7-5-8-15-33)43(28-34-16-12-11-13-32(34)4)40(45)29-44(50(47,48)38-25-19-31(3)20-26-38)35-21-23-37(24-22-35)49-36-17-9-6-10-18-36/h5-26,30,39H,27-29H2,1-4H3,(H,42,46)/t39-/m0/s1. The highest BCUT2D eigenvalue weighted by Gasteiger charge is 2.35. The van der Waals surface area contributed by atoms with E-state index in [1.54, 1.807) is 36.4 Å². The lowest BCUT2D eigenvalue weighted by molar-refractivity contribution is -0.140. The number of ether oxygens (including phenoxy) is 1. The van der Waals surface area contributed by atoms with E-state index in [2.05, 4.69) is 5.32 Å². The lowest BCUT2D eigenvalue weighted by Crippen LogP contribution is -2.54. The van der Waals surface area contributed by atoms with E-state index in [1.807, 2.05) is 113 Å². The van der Waals surface area contributed by atoms with Crippen LogP contribution in [-0.4, -0.2) is 43.8 Å². The molecule has 1 N–H and O–H groups in total. The number of nitrogens with one attached hydrogen (secondary N) is 1. The number of nitrogens with zero attached hydrogens (tertiary/aromatic N) is 2. The summed E-state index contributed by atoms with van der Waals surface area (Å²) in [4.78, 5) is 30.2. The Morgan fingerprint density at radius 1 is 0.720 bits per heavy atom. The molecule has 5 aromatic rings. The summed E-state index contributed by atoms with van der Waals surface area (Å²) in [7, 11) is -4.23. The van der Waals surface area contributed by atoms with E-state index in [1.165, 1.54) is 17.0 Å². The van der Waals surface area contributed by atoms with Crippen LogP contribution in [0.15, 0.2) is 138 Å². The van der Waals surface area contributed by atoms with Gasteiger partial charge in [-0.1, -0.05) is 90.5 Å². The molecule has 0 heterocycles. The molecule has 1 atom stereocenters. The van der Waals surface area contributed by atoms with Crippen LogP contribution in [0.1, 0.15) is 36.1 Å². The highest BCUT2D eigenvalue weighted by atomic mass is 32.2. The number of carbonyl (C=O) groups excluding carboxylic acids is 2. The third-order valence-electron chi connectivity index (χ3n) is 8.30. The van der Waals surface area contributed by atoms with Crippen molar-refractivity contribution in [1.29, 1.82) is 0 Å². The largest absolute Gasteiger partial charge is 0.457 e. The number of aryl methyl sites for hydroxylation is 2. The van der Waals surface area contributed by atoms with Gasteiger partial charge in [0.2, 0.25) is 11.8 Å². The Kier molecular flexibility index (Phi) is 11.7. The molecule has 2 amide bonds. The fourth-order valence-electron chi connectivity index (χ4n) is 5.58. The highest BCUT2D eigenvalue weighted by Crippen LogP contribution is 2.29. The minimum Gasteiger partial charge on any atom is -0.457 e. The van der Waals surface area contributed by atoms with E-state index in [0.717, 1.165) is 26.6 Å². The molecule has 0 unspecified atom stereocenters. The molecule has 8 nitrogen and oxygen atoms in total. The molecule has 5 aromatic carbocycles. The van der Waals surface area contributed by atoms with Crippen molar-refractivity contribution in [2.45, 2.75) is 57.6 Å². The summed E-state index contributed by atoms with van der Waals surface area (Å²) in [6, 6.07) is 38.4. The van der Waals surface area contributed by atoms with Crippen molar-refractivity contribution in [2.24, 2.45) is 0 Å². The van der Waals surface area contributed by atoms with Crippen molar-refractivity contribution in [3.8, 4) is 11.5 Å². The van der Waals surface area contributed by atoms with Gasteiger partial charge in [-0.3, -0.25) is 13.9 Å². The number of rotatable bonds is 14. The highest BCUT2D eigenvalue weighted by molar-refractivity contribution is 7.92. The molecule has 0 aromatic heterocycles. The van der Waals surface area contributed by atoms with Crippen LogP contribution >= 0.6 is 0 Å². The third-order valence-corrected chi connectivity index (χ3v) is 10.1. The van der Waals surface area contributed by atoms with Crippen molar-refractivity contribution >= 4 is 27.5 Å². The number of para-hydroxylation sites is 1. The molecule has 0 bridgehead atoms. The number of sulfonamides is 1. The van der Waals surface area contributed by atoms with Crippen LogP contribution in [0, 0.1) is 13.8 Å². The Labute approximate surface area is 295 Å². The molecule has 0 aliphatic carbocycles. The van der Waals surface area contributed by atoms with E-state index >= 15 is 0 Å². The molecular formula is C41H43N3O5S. The number of hydrogen-bond acceptors (Lipinski definition) is 5. The van der Waals surface area contributed by atoms with Gasteiger partial charge in [0.25, 0.3) is 10.0 Å². The predicted octanol–water partition coefficient (Wildman–Crippen LogP) is 7.46. The molecule has 0 saturated heterocycles. The first-order valence-electron chi connectivity index (χ1n) is 16.6. The van der Waals surface area contributed by atoms with Gasteiger partial charge in [-0.2, -0.15) is 0 Å². The number of anilines is 1. The first-order valence-corrected chi connectivity index (χ1v) is 18.1. The van der Waals surface area contributed by atoms with Crippen molar-refractivity contribution in [2.75, 3.05) is 10.8 Å². The van der Waals surface area contributed by atoms with Crippen molar-refractivity contribution in [3.05, 3.63) is 156 Å². The van der Waals surface area contributed by atoms with Crippen molar-refractivity contribution < 1.29 is 22.7 Å². The van der Waals surface area contributed by atoms with Gasteiger partial charge in [0.15, 0.2) is 0 Å². The smallest absolute Gasteiger partial charge is 0.264 e. The summed E-state index contributed by atoms with van der Waals surface area (Å²) in [6.07, 6.45) is 0.243. The lowest BCUT2D eigenvalue weighted by atomic mass is 10.0. The number of amides is 2.